The monoisotopic (exact) mass is 435 g/mol. The smallest absolute Gasteiger partial charge is 0.326 e. The van der Waals surface area contributed by atoms with Gasteiger partial charge >= 0.3 is 11.9 Å². The van der Waals surface area contributed by atoms with Crippen LogP contribution in [-0.4, -0.2) is 58.6 Å². The first-order chi connectivity index (χ1) is 17.0. The molecule has 1 aromatic carbocycles. The largest absolute Gasteiger partial charge is 0.480 e. The van der Waals surface area contributed by atoms with Crippen molar-refractivity contribution in [1.82, 2.24) is 10.2 Å². The molecule has 0 spiro atoms. The number of carbonyl (C=O) groups is 3. The van der Waals surface area contributed by atoms with E-state index in [1.165, 1.54) is 4.90 Å². The van der Waals surface area contributed by atoms with Gasteiger partial charge in [0, 0.05) is 6.04 Å². The van der Waals surface area contributed by atoms with E-state index in [9.17, 15) is 19.5 Å². The van der Waals surface area contributed by atoms with Gasteiger partial charge in [0.1, 0.15) is 12.1 Å². The van der Waals surface area contributed by atoms with Crippen LogP contribution < -0.4 is 5.32 Å². The third-order valence-electron chi connectivity index (χ3n) is 6.26. The lowest BCUT2D eigenvalue weighted by Gasteiger charge is -2.35. The number of hydrogen-bond donors (Lipinski definition) is 2. The van der Waals surface area contributed by atoms with Crippen LogP contribution in [0.1, 0.15) is 64.8 Å². The number of carboxylic acids is 1. The summed E-state index contributed by atoms with van der Waals surface area (Å²) in [6.07, 6.45) is 4.04. The molecule has 1 heterocycles. The number of likely N-dealkylation sites (tertiary alicyclic amines) is 1. The Balaban J connectivity index is 1.79. The van der Waals surface area contributed by atoms with E-state index in [4.69, 9.17) is 11.6 Å². The molecule has 0 aromatic heterocycles. The van der Waals surface area contributed by atoms with Gasteiger partial charge in [-0.3, -0.25) is 14.9 Å². The van der Waals surface area contributed by atoms with Crippen molar-refractivity contribution < 1.29 is 31.1 Å². The molecule has 31 heavy (non-hydrogen) atoms. The minimum absolute atomic E-state index is 0.0146. The number of aliphatic carboxylic acids is 1. The van der Waals surface area contributed by atoms with Gasteiger partial charge in [-0.05, 0) is 57.4 Å². The first kappa shape index (κ1) is 17.2. The summed E-state index contributed by atoms with van der Waals surface area (Å²) >= 11 is 0. The highest BCUT2D eigenvalue weighted by Gasteiger charge is 2.48. The van der Waals surface area contributed by atoms with Gasteiger partial charge in [0.25, 0.3) is 0 Å². The average molecular weight is 436 g/mol. The zero-order chi connectivity index (χ0) is 26.7. The molecule has 3 rings (SSSR count). The number of rotatable bonds is 9. The molecule has 7 nitrogen and oxygen atoms in total. The van der Waals surface area contributed by atoms with Crippen LogP contribution in [-0.2, 0) is 25.5 Å². The van der Waals surface area contributed by atoms with Crippen molar-refractivity contribution in [3.8, 4) is 0 Å². The number of fused-ring (bicyclic) bond motifs is 1. The standard InChI is InChI=1S/C24H34N2O5/c1-3-31-24(30)19(14-13-17-9-5-4-6-10-17)25-16(2)22(27)26-20-12-8-7-11-18(20)15-21(26)23(28)29/h4-6,9-10,16,18-21,25H,3,7-8,11-15H2,1-2H3,(H,28,29)/i4D,5D,6D,9D,10D. The van der Waals surface area contributed by atoms with Crippen LogP contribution in [0.4, 0.5) is 0 Å². The van der Waals surface area contributed by atoms with E-state index >= 15 is 0 Å². The molecule has 1 amide bonds. The van der Waals surface area contributed by atoms with E-state index in [-0.39, 0.29) is 49.1 Å². The highest BCUT2D eigenvalue weighted by molar-refractivity contribution is 5.88. The molecule has 1 saturated carbocycles. The molecule has 1 aliphatic carbocycles. The maximum Gasteiger partial charge on any atom is 0.326 e. The molecule has 1 aliphatic heterocycles. The summed E-state index contributed by atoms with van der Waals surface area (Å²) in [7, 11) is 0. The lowest BCUT2D eigenvalue weighted by atomic mass is 9.84. The van der Waals surface area contributed by atoms with Crippen molar-refractivity contribution in [3.05, 3.63) is 35.8 Å². The molecule has 2 fully saturated rings. The fourth-order valence-electron chi connectivity index (χ4n) is 4.80. The Bertz CT molecular complexity index is 994. The van der Waals surface area contributed by atoms with Crippen molar-refractivity contribution in [2.24, 2.45) is 5.92 Å². The van der Waals surface area contributed by atoms with Gasteiger partial charge in [-0.25, -0.2) is 4.79 Å². The summed E-state index contributed by atoms with van der Waals surface area (Å²) in [6, 6.07) is -4.98. The summed E-state index contributed by atoms with van der Waals surface area (Å²) in [5.41, 5.74) is 0.0756. The van der Waals surface area contributed by atoms with E-state index in [0.29, 0.717) is 6.42 Å². The molecule has 5 atom stereocenters. The topological polar surface area (TPSA) is 95.9 Å². The van der Waals surface area contributed by atoms with Crippen LogP contribution in [0, 0.1) is 5.92 Å². The van der Waals surface area contributed by atoms with Gasteiger partial charge in [-0.2, -0.15) is 0 Å². The third kappa shape index (κ3) is 5.64. The van der Waals surface area contributed by atoms with Crippen LogP contribution in [0.2, 0.25) is 0 Å². The summed E-state index contributed by atoms with van der Waals surface area (Å²) in [5, 5.41) is 12.7. The lowest BCUT2D eigenvalue weighted by Crippen LogP contribution is -2.55. The second-order valence-electron chi connectivity index (χ2n) is 8.28. The number of benzene rings is 1. The molecule has 170 valence electrons. The van der Waals surface area contributed by atoms with E-state index in [0.717, 1.165) is 25.7 Å². The minimum atomic E-state index is -1.03. The summed E-state index contributed by atoms with van der Waals surface area (Å²) in [5.74, 6) is -1.90. The molecular weight excluding hydrogens is 396 g/mol. The number of carbonyl (C=O) groups excluding carboxylic acids is 2. The third-order valence-corrected chi connectivity index (χ3v) is 6.26. The minimum Gasteiger partial charge on any atom is -0.480 e. The zero-order valence-electron chi connectivity index (χ0n) is 23.1. The second-order valence-corrected chi connectivity index (χ2v) is 8.28. The summed E-state index contributed by atoms with van der Waals surface area (Å²) < 4.78 is 44.8. The Morgan fingerprint density at radius 1 is 1.26 bits per heavy atom. The quantitative estimate of drug-likeness (QED) is 0.579. The van der Waals surface area contributed by atoms with Crippen molar-refractivity contribution in [1.29, 1.82) is 0 Å². The second kappa shape index (κ2) is 10.8. The molecule has 0 radical (unpaired) electrons. The number of amides is 1. The highest BCUT2D eigenvalue weighted by atomic mass is 16.5. The number of ether oxygens (including phenoxy) is 1. The number of nitrogens with one attached hydrogen (secondary N) is 1. The van der Waals surface area contributed by atoms with Crippen LogP contribution in [0.3, 0.4) is 0 Å². The Morgan fingerprint density at radius 3 is 2.65 bits per heavy atom. The first-order valence-electron chi connectivity index (χ1n) is 13.5. The number of esters is 1. The van der Waals surface area contributed by atoms with Crippen molar-refractivity contribution >= 4 is 17.8 Å². The Morgan fingerprint density at radius 2 is 1.97 bits per heavy atom. The van der Waals surface area contributed by atoms with Crippen molar-refractivity contribution in [2.75, 3.05) is 6.61 Å². The number of nitrogens with zero attached hydrogens (tertiary/aromatic N) is 1. The molecule has 2 aliphatic rings. The number of carboxylic acid groups (broad SMARTS) is 1. The molecule has 7 heteroatoms. The predicted molar refractivity (Wildman–Crippen MR) is 116 cm³/mol. The average Bonchev–Trinajstić information content (AvgIpc) is 3.25. The Labute approximate surface area is 191 Å². The predicted octanol–water partition coefficient (Wildman–Crippen LogP) is 2.77. The maximum atomic E-state index is 13.5. The van der Waals surface area contributed by atoms with Crippen LogP contribution in [0.5, 0.6) is 0 Å². The maximum absolute atomic E-state index is 13.5. The van der Waals surface area contributed by atoms with Gasteiger partial charge in [-0.1, -0.05) is 43.1 Å². The van der Waals surface area contributed by atoms with E-state index in [1.807, 2.05) is 0 Å². The Hall–Kier alpha value is -2.41. The van der Waals surface area contributed by atoms with Gasteiger partial charge in [0.15, 0.2) is 0 Å². The summed E-state index contributed by atoms with van der Waals surface area (Å²) in [6.45, 7) is 3.32. The molecule has 2 N–H and O–H groups in total. The first-order valence-corrected chi connectivity index (χ1v) is 11.0. The fraction of sp³-hybridized carbons (Fsp3) is 0.625. The number of hydrogen-bond acceptors (Lipinski definition) is 5. The van der Waals surface area contributed by atoms with E-state index in [2.05, 4.69) is 5.32 Å². The van der Waals surface area contributed by atoms with E-state index < -0.39 is 54.1 Å². The normalized spacial score (nSPS) is 27.1. The molecule has 1 saturated heterocycles. The van der Waals surface area contributed by atoms with Crippen LogP contribution in [0.15, 0.2) is 30.2 Å². The van der Waals surface area contributed by atoms with Crippen LogP contribution in [0.25, 0.3) is 0 Å². The lowest BCUT2D eigenvalue weighted by molar-refractivity contribution is -0.152. The van der Waals surface area contributed by atoms with Crippen molar-refractivity contribution in [3.63, 3.8) is 0 Å². The highest BCUT2D eigenvalue weighted by Crippen LogP contribution is 2.40. The van der Waals surface area contributed by atoms with E-state index in [1.54, 1.807) is 13.8 Å². The molecule has 5 unspecified atom stereocenters. The van der Waals surface area contributed by atoms with Crippen molar-refractivity contribution in [2.45, 2.75) is 83.0 Å². The van der Waals surface area contributed by atoms with Crippen LogP contribution >= 0.6 is 0 Å². The Kier molecular flexibility index (Phi) is 5.96. The van der Waals surface area contributed by atoms with Gasteiger partial charge in [0.2, 0.25) is 5.91 Å². The SMILES string of the molecule is [2H]c1c([2H])c([2H])c(CCC(NC(C)C(=O)N2C(C(=O)O)CC3CCCCC32)C(=O)OCC)c([2H])c1[2H]. The van der Waals surface area contributed by atoms with Gasteiger partial charge in [-0.15, -0.1) is 0 Å². The molecular formula is C24H34N2O5. The zero-order valence-corrected chi connectivity index (χ0v) is 18.1. The fourth-order valence-corrected chi connectivity index (χ4v) is 4.80. The van der Waals surface area contributed by atoms with Gasteiger partial charge in [0.05, 0.1) is 19.5 Å². The molecule has 1 aromatic rings. The van der Waals surface area contributed by atoms with Gasteiger partial charge < -0.3 is 14.7 Å². The summed E-state index contributed by atoms with van der Waals surface area (Å²) in [4.78, 5) is 39.6. The molecule has 0 bridgehead atoms.